The summed E-state index contributed by atoms with van der Waals surface area (Å²) in [6.45, 7) is 4.61. The van der Waals surface area contributed by atoms with E-state index in [1.54, 1.807) is 19.2 Å². The second-order valence-electron chi connectivity index (χ2n) is 6.36. The third-order valence-corrected chi connectivity index (χ3v) is 4.77. The molecule has 2 aromatic rings. The molecule has 0 radical (unpaired) electrons. The Morgan fingerprint density at radius 3 is 2.40 bits per heavy atom. The van der Waals surface area contributed by atoms with E-state index < -0.39 is 6.10 Å². The monoisotopic (exact) mass is 344 g/mol. The molecule has 1 heterocycles. The Labute approximate surface area is 148 Å². The number of hydrogen-bond acceptors (Lipinski definition) is 4. The van der Waals surface area contributed by atoms with Gasteiger partial charge in [-0.1, -0.05) is 24.3 Å². The number of halogens is 1. The zero-order chi connectivity index (χ0) is 17.6. The lowest BCUT2D eigenvalue weighted by Gasteiger charge is -2.36. The number of aliphatic hydroxyl groups excluding tert-OH is 1. The predicted octanol–water partition coefficient (Wildman–Crippen LogP) is 3.08. The van der Waals surface area contributed by atoms with Crippen molar-refractivity contribution in [3.05, 3.63) is 59.9 Å². The lowest BCUT2D eigenvalue weighted by molar-refractivity contribution is 0.139. The summed E-state index contributed by atoms with van der Waals surface area (Å²) in [6.07, 6.45) is 0.105. The van der Waals surface area contributed by atoms with Gasteiger partial charge in [0.2, 0.25) is 0 Å². The highest BCUT2D eigenvalue weighted by molar-refractivity contribution is 5.58. The fraction of sp³-hybridized carbons (Fsp3) is 0.400. The lowest BCUT2D eigenvalue weighted by Crippen LogP contribution is -2.46. The first-order valence-electron chi connectivity index (χ1n) is 8.71. The molecule has 134 valence electrons. The van der Waals surface area contributed by atoms with Crippen LogP contribution in [0, 0.1) is 5.82 Å². The number of benzene rings is 2. The number of rotatable bonds is 6. The van der Waals surface area contributed by atoms with Gasteiger partial charge in [-0.15, -0.1) is 0 Å². The number of aliphatic hydroxyl groups is 1. The van der Waals surface area contributed by atoms with Gasteiger partial charge in [0.25, 0.3) is 0 Å². The standard InChI is InChI=1S/C20H25FN2O2/c1-25-20-5-3-2-4-18(20)23-14-12-22(13-15-23)11-10-19(24)16-6-8-17(21)9-7-16/h2-9,19,24H,10-15H2,1H3. The summed E-state index contributed by atoms with van der Waals surface area (Å²) in [6, 6.07) is 14.2. The van der Waals surface area contributed by atoms with Crippen molar-refractivity contribution >= 4 is 5.69 Å². The maximum Gasteiger partial charge on any atom is 0.142 e. The van der Waals surface area contributed by atoms with E-state index in [-0.39, 0.29) is 5.82 Å². The van der Waals surface area contributed by atoms with Gasteiger partial charge in [-0.25, -0.2) is 4.39 Å². The van der Waals surface area contributed by atoms with Crippen LogP contribution in [-0.4, -0.2) is 49.8 Å². The fourth-order valence-corrected chi connectivity index (χ4v) is 3.26. The number of methoxy groups -OCH3 is 1. The van der Waals surface area contributed by atoms with Crippen molar-refractivity contribution in [2.45, 2.75) is 12.5 Å². The molecule has 0 aliphatic carbocycles. The molecule has 1 aliphatic heterocycles. The normalized spacial score (nSPS) is 16.7. The first-order valence-corrected chi connectivity index (χ1v) is 8.71. The number of hydrogen-bond donors (Lipinski definition) is 1. The first kappa shape index (κ1) is 17.7. The number of nitrogens with zero attached hydrogens (tertiary/aromatic N) is 2. The molecule has 1 fully saturated rings. The van der Waals surface area contributed by atoms with Crippen LogP contribution < -0.4 is 9.64 Å². The Morgan fingerprint density at radius 1 is 1.04 bits per heavy atom. The Bertz CT molecular complexity index is 670. The van der Waals surface area contributed by atoms with Gasteiger partial charge in [-0.2, -0.15) is 0 Å². The molecule has 0 spiro atoms. The van der Waals surface area contributed by atoms with Crippen LogP contribution in [0.2, 0.25) is 0 Å². The fourth-order valence-electron chi connectivity index (χ4n) is 3.26. The molecule has 1 unspecified atom stereocenters. The van der Waals surface area contributed by atoms with Gasteiger partial charge in [0.05, 0.1) is 18.9 Å². The van der Waals surface area contributed by atoms with Crippen molar-refractivity contribution in [2.24, 2.45) is 0 Å². The minimum atomic E-state index is -0.548. The lowest BCUT2D eigenvalue weighted by atomic mass is 10.1. The van der Waals surface area contributed by atoms with E-state index in [9.17, 15) is 9.50 Å². The first-order chi connectivity index (χ1) is 12.2. The van der Waals surface area contributed by atoms with E-state index in [2.05, 4.69) is 15.9 Å². The van der Waals surface area contributed by atoms with Crippen molar-refractivity contribution in [1.82, 2.24) is 4.90 Å². The molecule has 3 rings (SSSR count). The Kier molecular flexibility index (Phi) is 5.89. The maximum atomic E-state index is 13.0. The van der Waals surface area contributed by atoms with E-state index in [4.69, 9.17) is 4.74 Å². The molecule has 1 saturated heterocycles. The molecule has 0 bridgehead atoms. The molecule has 2 aromatic carbocycles. The minimum absolute atomic E-state index is 0.275. The Hall–Kier alpha value is -2.11. The molecule has 1 N–H and O–H groups in total. The Balaban J connectivity index is 1.48. The van der Waals surface area contributed by atoms with E-state index in [0.717, 1.165) is 49.7 Å². The van der Waals surface area contributed by atoms with Crippen LogP contribution in [0.1, 0.15) is 18.1 Å². The van der Waals surface area contributed by atoms with Gasteiger partial charge >= 0.3 is 0 Å². The summed E-state index contributed by atoms with van der Waals surface area (Å²) in [4.78, 5) is 4.70. The molecular formula is C20H25FN2O2. The molecular weight excluding hydrogens is 319 g/mol. The van der Waals surface area contributed by atoms with Crippen LogP contribution >= 0.6 is 0 Å². The number of anilines is 1. The van der Waals surface area contributed by atoms with Gasteiger partial charge in [-0.3, -0.25) is 4.90 Å². The molecule has 0 amide bonds. The Morgan fingerprint density at radius 2 is 1.72 bits per heavy atom. The topological polar surface area (TPSA) is 35.9 Å². The van der Waals surface area contributed by atoms with Crippen molar-refractivity contribution in [3.8, 4) is 5.75 Å². The van der Waals surface area contributed by atoms with E-state index >= 15 is 0 Å². The quantitative estimate of drug-likeness (QED) is 0.874. The maximum absolute atomic E-state index is 13.0. The van der Waals surface area contributed by atoms with Gasteiger partial charge in [0.1, 0.15) is 11.6 Å². The minimum Gasteiger partial charge on any atom is -0.495 e. The average molecular weight is 344 g/mol. The second-order valence-corrected chi connectivity index (χ2v) is 6.36. The predicted molar refractivity (Wildman–Crippen MR) is 97.6 cm³/mol. The van der Waals surface area contributed by atoms with E-state index in [1.165, 1.54) is 12.1 Å². The molecule has 25 heavy (non-hydrogen) atoms. The van der Waals surface area contributed by atoms with Gasteiger partial charge < -0.3 is 14.7 Å². The zero-order valence-corrected chi connectivity index (χ0v) is 14.6. The van der Waals surface area contributed by atoms with Gasteiger partial charge in [0.15, 0.2) is 0 Å². The van der Waals surface area contributed by atoms with Crippen LogP contribution in [0.4, 0.5) is 10.1 Å². The molecule has 1 atom stereocenters. The van der Waals surface area contributed by atoms with Crippen LogP contribution in [0.5, 0.6) is 5.75 Å². The van der Waals surface area contributed by atoms with Crippen LogP contribution in [-0.2, 0) is 0 Å². The van der Waals surface area contributed by atoms with E-state index in [1.807, 2.05) is 18.2 Å². The number of ether oxygens (including phenoxy) is 1. The number of piperazine rings is 1. The third kappa shape index (κ3) is 4.50. The summed E-state index contributed by atoms with van der Waals surface area (Å²) in [5.74, 6) is 0.631. The number of para-hydroxylation sites is 2. The summed E-state index contributed by atoms with van der Waals surface area (Å²) in [5.41, 5.74) is 1.91. The summed E-state index contributed by atoms with van der Waals surface area (Å²) in [5, 5.41) is 10.3. The van der Waals surface area contributed by atoms with Gasteiger partial charge in [0, 0.05) is 32.7 Å². The van der Waals surface area contributed by atoms with Crippen molar-refractivity contribution in [1.29, 1.82) is 0 Å². The highest BCUT2D eigenvalue weighted by Crippen LogP contribution is 2.28. The zero-order valence-electron chi connectivity index (χ0n) is 14.6. The highest BCUT2D eigenvalue weighted by atomic mass is 19.1. The van der Waals surface area contributed by atoms with Crippen LogP contribution in [0.25, 0.3) is 0 Å². The van der Waals surface area contributed by atoms with Crippen molar-refractivity contribution < 1.29 is 14.2 Å². The highest BCUT2D eigenvalue weighted by Gasteiger charge is 2.20. The van der Waals surface area contributed by atoms with Crippen LogP contribution in [0.3, 0.4) is 0 Å². The largest absolute Gasteiger partial charge is 0.495 e. The van der Waals surface area contributed by atoms with E-state index in [0.29, 0.717) is 6.42 Å². The van der Waals surface area contributed by atoms with Crippen molar-refractivity contribution in [2.75, 3.05) is 44.7 Å². The SMILES string of the molecule is COc1ccccc1N1CCN(CCC(O)c2ccc(F)cc2)CC1. The van der Waals surface area contributed by atoms with Crippen molar-refractivity contribution in [3.63, 3.8) is 0 Å². The molecule has 0 aromatic heterocycles. The summed E-state index contributed by atoms with van der Waals surface area (Å²) < 4.78 is 18.4. The molecule has 5 heteroatoms. The molecule has 0 saturated carbocycles. The summed E-state index contributed by atoms with van der Waals surface area (Å²) in [7, 11) is 1.70. The smallest absolute Gasteiger partial charge is 0.142 e. The summed E-state index contributed by atoms with van der Waals surface area (Å²) >= 11 is 0. The second kappa shape index (κ2) is 8.32. The third-order valence-electron chi connectivity index (χ3n) is 4.77. The van der Waals surface area contributed by atoms with Gasteiger partial charge in [-0.05, 0) is 36.2 Å². The molecule has 1 aliphatic rings. The van der Waals surface area contributed by atoms with Crippen LogP contribution in [0.15, 0.2) is 48.5 Å². The average Bonchev–Trinajstić information content (AvgIpc) is 2.67. The molecule has 4 nitrogen and oxygen atoms in total.